The molecule has 0 aromatic carbocycles. The number of carbonyl (C=O) groups is 1. The zero-order chi connectivity index (χ0) is 9.97. The van der Waals surface area contributed by atoms with Crippen molar-refractivity contribution in [2.24, 2.45) is 0 Å². The predicted molar refractivity (Wildman–Crippen MR) is 67.9 cm³/mol. The van der Waals surface area contributed by atoms with Gasteiger partial charge in [-0.3, -0.25) is 4.79 Å². The molecule has 0 fully saturated rings. The summed E-state index contributed by atoms with van der Waals surface area (Å²) in [4.78, 5) is 11.9. The van der Waals surface area contributed by atoms with E-state index in [-0.39, 0.29) is 5.78 Å². The summed E-state index contributed by atoms with van der Waals surface area (Å²) >= 11 is 3.89. The van der Waals surface area contributed by atoms with Gasteiger partial charge in [0.2, 0.25) is 0 Å². The second-order valence-electron chi connectivity index (χ2n) is 3.44. The van der Waals surface area contributed by atoms with Crippen molar-refractivity contribution >= 4 is 39.7 Å². The minimum absolute atomic E-state index is 0.240. The quantitative estimate of drug-likeness (QED) is 0.594. The van der Waals surface area contributed by atoms with Gasteiger partial charge in [0.1, 0.15) is 0 Å². The van der Waals surface area contributed by atoms with Crippen LogP contribution in [0.15, 0.2) is 23.1 Å². The highest BCUT2D eigenvalue weighted by atomic mass is 127. The number of allylic oxidation sites excluding steroid dienone is 2. The highest BCUT2D eigenvalue weighted by Gasteiger charge is 2.15. The Hall–Kier alpha value is -0.160. The summed E-state index contributed by atoms with van der Waals surface area (Å²) in [6.45, 7) is 0. The Bertz CT molecular complexity index is 378. The zero-order valence-corrected chi connectivity index (χ0v) is 10.7. The largest absolute Gasteiger partial charge is 0.289 e. The lowest BCUT2D eigenvalue weighted by Crippen LogP contribution is -2.05. The average Bonchev–Trinajstić information content (AvgIpc) is 2.65. The molecular weight excluding hydrogens is 307 g/mol. The fourth-order valence-corrected chi connectivity index (χ4v) is 2.99. The van der Waals surface area contributed by atoms with Gasteiger partial charge in [-0.05, 0) is 59.9 Å². The first-order valence-corrected chi connectivity index (χ1v) is 6.71. The van der Waals surface area contributed by atoms with E-state index in [0.29, 0.717) is 0 Å². The van der Waals surface area contributed by atoms with E-state index in [4.69, 9.17) is 0 Å². The molecule has 74 valence electrons. The maximum Gasteiger partial charge on any atom is 0.189 e. The molecule has 0 atom stereocenters. The van der Waals surface area contributed by atoms with Crippen LogP contribution in [0.5, 0.6) is 0 Å². The van der Waals surface area contributed by atoms with E-state index >= 15 is 0 Å². The van der Waals surface area contributed by atoms with Crippen LogP contribution in [-0.2, 0) is 0 Å². The lowest BCUT2D eigenvalue weighted by Gasteiger charge is -2.10. The first-order valence-electron chi connectivity index (χ1n) is 4.75. The summed E-state index contributed by atoms with van der Waals surface area (Å²) in [5.74, 6) is 0.240. The molecule has 0 saturated carbocycles. The summed E-state index contributed by atoms with van der Waals surface area (Å²) in [7, 11) is 0. The van der Waals surface area contributed by atoms with Gasteiger partial charge in [-0.15, -0.1) is 11.3 Å². The average molecular weight is 318 g/mol. The molecule has 0 radical (unpaired) electrons. The van der Waals surface area contributed by atoms with Gasteiger partial charge in [-0.25, -0.2) is 0 Å². The third kappa shape index (κ3) is 2.25. The van der Waals surface area contributed by atoms with E-state index in [0.717, 1.165) is 24.0 Å². The Morgan fingerprint density at radius 2 is 2.29 bits per heavy atom. The fraction of sp³-hybridized carbons (Fsp3) is 0.364. The zero-order valence-electron chi connectivity index (χ0n) is 7.75. The van der Waals surface area contributed by atoms with E-state index in [9.17, 15) is 4.79 Å². The molecule has 1 heterocycles. The molecule has 0 amide bonds. The second kappa shape index (κ2) is 4.57. The maximum atomic E-state index is 11.9. The van der Waals surface area contributed by atoms with Gasteiger partial charge in [0.05, 0.1) is 2.88 Å². The van der Waals surface area contributed by atoms with Gasteiger partial charge < -0.3 is 0 Å². The van der Waals surface area contributed by atoms with E-state index in [1.807, 2.05) is 11.4 Å². The molecule has 0 aliphatic heterocycles. The smallest absolute Gasteiger partial charge is 0.189 e. The summed E-state index contributed by atoms with van der Waals surface area (Å²) < 4.78 is 1.18. The summed E-state index contributed by atoms with van der Waals surface area (Å²) in [6.07, 6.45) is 6.54. The molecule has 0 spiro atoms. The molecule has 1 aromatic heterocycles. The van der Waals surface area contributed by atoms with E-state index in [1.165, 1.54) is 15.7 Å². The molecule has 14 heavy (non-hydrogen) atoms. The molecule has 1 aliphatic carbocycles. The Labute approximate surface area is 101 Å². The molecule has 1 aromatic rings. The minimum Gasteiger partial charge on any atom is -0.289 e. The number of Topliss-reactive ketones (excluding diaryl/α,β-unsaturated/α-hetero) is 1. The first-order chi connectivity index (χ1) is 6.77. The van der Waals surface area contributed by atoms with Gasteiger partial charge in [-0.1, -0.05) is 6.08 Å². The summed E-state index contributed by atoms with van der Waals surface area (Å²) in [5, 5.41) is 1.96. The van der Waals surface area contributed by atoms with Gasteiger partial charge in [0, 0.05) is 10.9 Å². The van der Waals surface area contributed by atoms with Crippen molar-refractivity contribution in [2.45, 2.75) is 25.7 Å². The van der Waals surface area contributed by atoms with Crippen LogP contribution in [-0.4, -0.2) is 5.78 Å². The van der Waals surface area contributed by atoms with Crippen molar-refractivity contribution in [2.75, 3.05) is 0 Å². The molecule has 0 bridgehead atoms. The molecule has 0 saturated heterocycles. The molecule has 2 rings (SSSR count). The van der Waals surface area contributed by atoms with Gasteiger partial charge >= 0.3 is 0 Å². The lowest BCUT2D eigenvalue weighted by atomic mass is 9.94. The molecular formula is C11H11IOS. The Morgan fingerprint density at radius 3 is 2.86 bits per heavy atom. The van der Waals surface area contributed by atoms with Gasteiger partial charge in [0.15, 0.2) is 5.78 Å². The van der Waals surface area contributed by atoms with Crippen LogP contribution in [0.3, 0.4) is 0 Å². The van der Waals surface area contributed by atoms with Gasteiger partial charge in [-0.2, -0.15) is 0 Å². The number of ketones is 1. The number of halogens is 1. The number of rotatable bonds is 2. The van der Waals surface area contributed by atoms with Crippen LogP contribution in [0.2, 0.25) is 0 Å². The Morgan fingerprint density at radius 1 is 1.43 bits per heavy atom. The number of thiophene rings is 1. The van der Waals surface area contributed by atoms with Crippen LogP contribution in [0, 0.1) is 2.88 Å². The van der Waals surface area contributed by atoms with Gasteiger partial charge in [0.25, 0.3) is 0 Å². The molecule has 0 N–H and O–H groups in total. The van der Waals surface area contributed by atoms with E-state index in [1.54, 1.807) is 11.3 Å². The van der Waals surface area contributed by atoms with Crippen molar-refractivity contribution in [3.63, 3.8) is 0 Å². The van der Waals surface area contributed by atoms with Crippen LogP contribution >= 0.6 is 33.9 Å². The highest BCUT2D eigenvalue weighted by Crippen LogP contribution is 2.24. The van der Waals surface area contributed by atoms with Crippen molar-refractivity contribution in [3.05, 3.63) is 31.5 Å². The van der Waals surface area contributed by atoms with Crippen molar-refractivity contribution in [1.82, 2.24) is 0 Å². The Balaban J connectivity index is 2.19. The maximum absolute atomic E-state index is 11.9. The van der Waals surface area contributed by atoms with Crippen molar-refractivity contribution in [1.29, 1.82) is 0 Å². The normalized spacial score (nSPS) is 16.5. The Kier molecular flexibility index (Phi) is 3.38. The van der Waals surface area contributed by atoms with Crippen LogP contribution in [0.4, 0.5) is 0 Å². The second-order valence-corrected chi connectivity index (χ2v) is 6.25. The van der Waals surface area contributed by atoms with Crippen molar-refractivity contribution in [3.8, 4) is 0 Å². The molecule has 1 nitrogen and oxygen atoms in total. The molecule has 1 aliphatic rings. The number of hydrogen-bond donors (Lipinski definition) is 0. The number of carbonyl (C=O) groups excluding carboxylic acids is 1. The van der Waals surface area contributed by atoms with Crippen molar-refractivity contribution < 1.29 is 4.79 Å². The predicted octanol–water partition coefficient (Wildman–Crippen LogP) is 4.04. The highest BCUT2D eigenvalue weighted by molar-refractivity contribution is 14.1. The third-order valence-corrected chi connectivity index (χ3v) is 4.20. The fourth-order valence-electron chi connectivity index (χ4n) is 1.66. The lowest BCUT2D eigenvalue weighted by molar-refractivity contribution is 0.102. The van der Waals surface area contributed by atoms with Crippen LogP contribution in [0.25, 0.3) is 0 Å². The molecule has 0 unspecified atom stereocenters. The summed E-state index contributed by atoms with van der Waals surface area (Å²) in [6, 6.07) is 1.98. The number of hydrogen-bond acceptors (Lipinski definition) is 2. The van der Waals surface area contributed by atoms with E-state index < -0.39 is 0 Å². The van der Waals surface area contributed by atoms with Crippen LogP contribution in [0.1, 0.15) is 36.0 Å². The minimum atomic E-state index is 0.240. The third-order valence-electron chi connectivity index (χ3n) is 2.41. The topological polar surface area (TPSA) is 17.1 Å². The first kappa shape index (κ1) is 10.4. The summed E-state index contributed by atoms with van der Waals surface area (Å²) in [5.41, 5.74) is 1.89. The molecule has 3 heteroatoms. The monoisotopic (exact) mass is 318 g/mol. The SMILES string of the molecule is O=C(C1=CCCCC1)c1csc(I)c1. The van der Waals surface area contributed by atoms with E-state index in [2.05, 4.69) is 28.7 Å². The standard InChI is InChI=1S/C11H11IOS/c12-10-6-9(7-14-10)11(13)8-4-2-1-3-5-8/h4,6-7H,1-3,5H2. The van der Waals surface area contributed by atoms with Crippen LogP contribution < -0.4 is 0 Å².